The highest BCUT2D eigenvalue weighted by Crippen LogP contribution is 2.18. The zero-order valence-corrected chi connectivity index (χ0v) is 10.5. The molecule has 0 bridgehead atoms. The normalized spacial score (nSPS) is 10.7. The van der Waals surface area contributed by atoms with E-state index in [0.29, 0.717) is 0 Å². The number of aromatic amines is 1. The Morgan fingerprint density at radius 1 is 1.29 bits per heavy atom. The molecule has 2 N–H and O–H groups in total. The summed E-state index contributed by atoms with van der Waals surface area (Å²) in [7, 11) is 0. The van der Waals surface area contributed by atoms with Gasteiger partial charge in [-0.2, -0.15) is 5.10 Å². The van der Waals surface area contributed by atoms with Crippen molar-refractivity contribution in [1.29, 1.82) is 0 Å². The van der Waals surface area contributed by atoms with Crippen molar-refractivity contribution in [1.82, 2.24) is 15.5 Å². The molecule has 0 aliphatic rings. The predicted molar refractivity (Wildman–Crippen MR) is 70.8 cm³/mol. The molecule has 1 aromatic heterocycles. The molecule has 0 atom stereocenters. The summed E-state index contributed by atoms with van der Waals surface area (Å²) >= 11 is 0. The molecule has 2 aromatic rings. The lowest BCUT2D eigenvalue weighted by atomic mass is 10.1. The van der Waals surface area contributed by atoms with Crippen molar-refractivity contribution >= 4 is 0 Å². The quantitative estimate of drug-likeness (QED) is 0.774. The number of hydrogen-bond donors (Lipinski definition) is 2. The molecule has 17 heavy (non-hydrogen) atoms. The Morgan fingerprint density at radius 3 is 2.94 bits per heavy atom. The minimum Gasteiger partial charge on any atom is -0.311 e. The smallest absolute Gasteiger partial charge is 0.0924 e. The van der Waals surface area contributed by atoms with Gasteiger partial charge in [0.15, 0.2) is 0 Å². The maximum Gasteiger partial charge on any atom is 0.0924 e. The molecule has 0 aliphatic heterocycles. The Balaban J connectivity index is 2.07. The van der Waals surface area contributed by atoms with Crippen molar-refractivity contribution in [3.05, 3.63) is 41.6 Å². The Hall–Kier alpha value is -1.61. The highest BCUT2D eigenvalue weighted by molar-refractivity contribution is 5.60. The zero-order chi connectivity index (χ0) is 12.1. The topological polar surface area (TPSA) is 40.7 Å². The molecule has 0 fully saturated rings. The van der Waals surface area contributed by atoms with Crippen molar-refractivity contribution in [2.24, 2.45) is 0 Å². The summed E-state index contributed by atoms with van der Waals surface area (Å²) in [6.45, 7) is 6.16. The first-order valence-corrected chi connectivity index (χ1v) is 6.11. The number of aromatic nitrogens is 2. The van der Waals surface area contributed by atoms with Crippen LogP contribution in [0.15, 0.2) is 30.3 Å². The number of nitrogens with one attached hydrogen (secondary N) is 2. The van der Waals surface area contributed by atoms with Crippen LogP contribution in [0.4, 0.5) is 0 Å². The number of hydrogen-bond acceptors (Lipinski definition) is 2. The van der Waals surface area contributed by atoms with E-state index >= 15 is 0 Å². The van der Waals surface area contributed by atoms with Crippen LogP contribution in [0.5, 0.6) is 0 Å². The summed E-state index contributed by atoms with van der Waals surface area (Å²) in [4.78, 5) is 0. The lowest BCUT2D eigenvalue weighted by molar-refractivity contribution is 0.662. The second-order valence-electron chi connectivity index (χ2n) is 4.32. The standard InChI is InChI=1S/C14H19N3/c1-3-7-15-10-13-9-14(17-16-13)12-6-4-5-11(2)8-12/h4-6,8-9,15H,3,7,10H2,1-2H3,(H,16,17). The third-order valence-electron chi connectivity index (χ3n) is 2.69. The van der Waals surface area contributed by atoms with E-state index < -0.39 is 0 Å². The van der Waals surface area contributed by atoms with Gasteiger partial charge in [-0.25, -0.2) is 0 Å². The highest BCUT2D eigenvalue weighted by Gasteiger charge is 2.03. The summed E-state index contributed by atoms with van der Waals surface area (Å²) in [5.41, 5.74) is 4.58. The summed E-state index contributed by atoms with van der Waals surface area (Å²) < 4.78 is 0. The van der Waals surface area contributed by atoms with E-state index in [-0.39, 0.29) is 0 Å². The van der Waals surface area contributed by atoms with Crippen molar-refractivity contribution in [2.45, 2.75) is 26.8 Å². The molecule has 0 aliphatic carbocycles. The minimum atomic E-state index is 0.854. The Kier molecular flexibility index (Phi) is 3.94. The maximum absolute atomic E-state index is 4.34. The molecule has 90 valence electrons. The molecular weight excluding hydrogens is 210 g/mol. The Morgan fingerprint density at radius 2 is 2.18 bits per heavy atom. The predicted octanol–water partition coefficient (Wildman–Crippen LogP) is 2.88. The minimum absolute atomic E-state index is 0.854. The van der Waals surface area contributed by atoms with Gasteiger partial charge < -0.3 is 5.32 Å². The van der Waals surface area contributed by atoms with E-state index in [9.17, 15) is 0 Å². The molecule has 1 aromatic carbocycles. The van der Waals surface area contributed by atoms with Gasteiger partial charge in [-0.15, -0.1) is 0 Å². The van der Waals surface area contributed by atoms with Gasteiger partial charge in [0, 0.05) is 17.8 Å². The molecular formula is C14H19N3. The van der Waals surface area contributed by atoms with E-state index in [1.54, 1.807) is 0 Å². The molecule has 0 spiro atoms. The number of rotatable bonds is 5. The molecule has 1 heterocycles. The average Bonchev–Trinajstić information content (AvgIpc) is 2.78. The summed E-state index contributed by atoms with van der Waals surface area (Å²) in [5.74, 6) is 0. The van der Waals surface area contributed by atoms with Gasteiger partial charge in [-0.05, 0) is 32.0 Å². The molecule has 0 saturated heterocycles. The van der Waals surface area contributed by atoms with Crippen LogP contribution in [-0.2, 0) is 6.54 Å². The van der Waals surface area contributed by atoms with Crippen molar-refractivity contribution in [2.75, 3.05) is 6.54 Å². The maximum atomic E-state index is 4.34. The van der Waals surface area contributed by atoms with Crippen LogP contribution in [0.25, 0.3) is 11.3 Å². The van der Waals surface area contributed by atoms with Gasteiger partial charge in [-0.3, -0.25) is 5.10 Å². The van der Waals surface area contributed by atoms with Gasteiger partial charge in [0.1, 0.15) is 0 Å². The zero-order valence-electron chi connectivity index (χ0n) is 10.5. The van der Waals surface area contributed by atoms with Crippen LogP contribution in [-0.4, -0.2) is 16.7 Å². The number of H-pyrrole nitrogens is 1. The second-order valence-corrected chi connectivity index (χ2v) is 4.32. The SMILES string of the molecule is CCCNCc1cc(-c2cccc(C)c2)n[nH]1. The van der Waals surface area contributed by atoms with Gasteiger partial charge in [0.05, 0.1) is 5.69 Å². The largest absolute Gasteiger partial charge is 0.311 e. The fraction of sp³-hybridized carbons (Fsp3) is 0.357. The van der Waals surface area contributed by atoms with Crippen molar-refractivity contribution in [3.63, 3.8) is 0 Å². The average molecular weight is 229 g/mol. The first kappa shape index (κ1) is 11.9. The number of benzene rings is 1. The van der Waals surface area contributed by atoms with Crippen LogP contribution >= 0.6 is 0 Å². The molecule has 0 radical (unpaired) electrons. The Labute approximate surface area is 102 Å². The first-order chi connectivity index (χ1) is 8.29. The monoisotopic (exact) mass is 229 g/mol. The molecule has 3 heteroatoms. The molecule has 2 rings (SSSR count). The van der Waals surface area contributed by atoms with Gasteiger partial charge in [0.25, 0.3) is 0 Å². The van der Waals surface area contributed by atoms with E-state index in [0.717, 1.165) is 30.9 Å². The van der Waals surface area contributed by atoms with E-state index in [1.807, 2.05) is 0 Å². The lowest BCUT2D eigenvalue weighted by Crippen LogP contribution is -2.13. The van der Waals surface area contributed by atoms with Crippen LogP contribution in [0.2, 0.25) is 0 Å². The number of nitrogens with zero attached hydrogens (tertiary/aromatic N) is 1. The van der Waals surface area contributed by atoms with Crippen LogP contribution in [0.3, 0.4) is 0 Å². The summed E-state index contributed by atoms with van der Waals surface area (Å²) in [6, 6.07) is 10.5. The fourth-order valence-corrected chi connectivity index (χ4v) is 1.80. The van der Waals surface area contributed by atoms with Gasteiger partial charge >= 0.3 is 0 Å². The fourth-order valence-electron chi connectivity index (χ4n) is 1.80. The van der Waals surface area contributed by atoms with Gasteiger partial charge in [-0.1, -0.05) is 30.7 Å². The molecule has 0 amide bonds. The van der Waals surface area contributed by atoms with E-state index in [2.05, 4.69) is 59.7 Å². The third kappa shape index (κ3) is 3.17. The first-order valence-electron chi connectivity index (χ1n) is 6.11. The third-order valence-corrected chi connectivity index (χ3v) is 2.69. The summed E-state index contributed by atoms with van der Waals surface area (Å²) in [6.07, 6.45) is 1.15. The Bertz CT molecular complexity index is 474. The molecule has 0 saturated carbocycles. The van der Waals surface area contributed by atoms with E-state index in [4.69, 9.17) is 0 Å². The second kappa shape index (κ2) is 5.64. The van der Waals surface area contributed by atoms with Crippen molar-refractivity contribution in [3.8, 4) is 11.3 Å². The van der Waals surface area contributed by atoms with E-state index in [1.165, 1.54) is 11.1 Å². The molecule has 3 nitrogen and oxygen atoms in total. The summed E-state index contributed by atoms with van der Waals surface area (Å²) in [5, 5.41) is 10.8. The highest BCUT2D eigenvalue weighted by atomic mass is 15.1. The van der Waals surface area contributed by atoms with Crippen LogP contribution in [0, 0.1) is 6.92 Å². The van der Waals surface area contributed by atoms with Crippen molar-refractivity contribution < 1.29 is 0 Å². The molecule has 0 unspecified atom stereocenters. The van der Waals surface area contributed by atoms with Gasteiger partial charge in [0.2, 0.25) is 0 Å². The van der Waals surface area contributed by atoms with Crippen LogP contribution < -0.4 is 5.32 Å². The number of aryl methyl sites for hydroxylation is 1. The lowest BCUT2D eigenvalue weighted by Gasteiger charge is -1.98. The van der Waals surface area contributed by atoms with Crippen LogP contribution in [0.1, 0.15) is 24.6 Å².